The summed E-state index contributed by atoms with van der Waals surface area (Å²) in [4.78, 5) is 0. The Morgan fingerprint density at radius 3 is 2.83 bits per heavy atom. The van der Waals surface area contributed by atoms with Gasteiger partial charge in [0.15, 0.2) is 0 Å². The first-order chi connectivity index (χ1) is 2.89. The molecule has 0 radical (unpaired) electrons. The summed E-state index contributed by atoms with van der Waals surface area (Å²) in [6.07, 6.45) is 1.41. The van der Waals surface area contributed by atoms with Gasteiger partial charge < -0.3 is 0 Å². The fourth-order valence-corrected chi connectivity index (χ4v) is 0.799. The van der Waals surface area contributed by atoms with Crippen LogP contribution in [0.1, 0.15) is 0 Å². The van der Waals surface area contributed by atoms with E-state index in [-0.39, 0.29) is 0 Å². The Bertz CT molecular complexity index is 73.2. The van der Waals surface area contributed by atoms with Crippen molar-refractivity contribution < 1.29 is 4.48 Å². The summed E-state index contributed by atoms with van der Waals surface area (Å²) in [6.45, 7) is 0. The maximum atomic E-state index is 11.6. The summed E-state index contributed by atoms with van der Waals surface area (Å²) in [5, 5.41) is 2.37. The molecule has 0 fully saturated rings. The molecule has 0 atom stereocenters. The zero-order chi connectivity index (χ0) is 4.41. The van der Waals surface area contributed by atoms with Crippen LogP contribution in [0.2, 0.25) is 0 Å². The minimum Gasteiger partial charge on any atom is -0.208 e. The van der Waals surface area contributed by atoms with Crippen molar-refractivity contribution in [2.24, 2.45) is 0 Å². The van der Waals surface area contributed by atoms with Gasteiger partial charge in [0.25, 0.3) is 0 Å². The molecule has 1 aliphatic heterocycles. The maximum Gasteiger partial charge on any atom is 0.0993 e. The SMILES string of the molecule is FN1C=CSC1. The highest BCUT2D eigenvalue weighted by atomic mass is 32.2. The molecule has 0 bridgehead atoms. The standard InChI is InChI=1S/C3H4FNS/c4-5-1-2-6-3-5/h1-2H,3H2. The second-order valence-electron chi connectivity index (χ2n) is 0.981. The molecule has 34 valence electrons. The number of halogens is 1. The molecule has 0 amide bonds. The van der Waals surface area contributed by atoms with Gasteiger partial charge in [-0.2, -0.15) is 0 Å². The van der Waals surface area contributed by atoms with Gasteiger partial charge in [-0.3, -0.25) is 0 Å². The van der Waals surface area contributed by atoms with Gasteiger partial charge in [-0.05, 0) is 5.41 Å². The third-order valence-corrected chi connectivity index (χ3v) is 1.23. The molecule has 0 aromatic carbocycles. The molecule has 1 rings (SSSR count). The Kier molecular flexibility index (Phi) is 1.01. The van der Waals surface area contributed by atoms with E-state index in [1.807, 2.05) is 0 Å². The topological polar surface area (TPSA) is 3.24 Å². The first kappa shape index (κ1) is 3.99. The smallest absolute Gasteiger partial charge is 0.0993 e. The first-order valence-electron chi connectivity index (χ1n) is 1.60. The van der Waals surface area contributed by atoms with Gasteiger partial charge in [-0.25, -0.2) is 5.12 Å². The number of nitrogens with zero attached hydrogens (tertiary/aromatic N) is 1. The molecule has 0 spiro atoms. The van der Waals surface area contributed by atoms with Gasteiger partial charge in [0.05, 0.1) is 5.88 Å². The van der Waals surface area contributed by atoms with Crippen LogP contribution >= 0.6 is 11.8 Å². The van der Waals surface area contributed by atoms with Crippen molar-refractivity contribution in [2.75, 3.05) is 5.88 Å². The van der Waals surface area contributed by atoms with Crippen molar-refractivity contribution in [2.45, 2.75) is 0 Å². The molecule has 1 heterocycles. The molecule has 3 heteroatoms. The average molecular weight is 105 g/mol. The molecule has 0 aromatic rings. The van der Waals surface area contributed by atoms with Crippen molar-refractivity contribution in [1.29, 1.82) is 0 Å². The summed E-state index contributed by atoms with van der Waals surface area (Å²) in [6, 6.07) is 0. The van der Waals surface area contributed by atoms with Crippen LogP contribution in [0.25, 0.3) is 0 Å². The van der Waals surface area contributed by atoms with Crippen LogP contribution in [0.15, 0.2) is 11.6 Å². The quantitative estimate of drug-likeness (QED) is 0.428. The second kappa shape index (κ2) is 1.51. The Morgan fingerprint density at radius 1 is 1.83 bits per heavy atom. The van der Waals surface area contributed by atoms with Gasteiger partial charge in [0.1, 0.15) is 0 Å². The van der Waals surface area contributed by atoms with Gasteiger partial charge in [-0.15, -0.1) is 11.8 Å². The minimum atomic E-state index is 0.458. The van der Waals surface area contributed by atoms with Gasteiger partial charge >= 0.3 is 0 Å². The normalized spacial score (nSPS) is 19.8. The fourth-order valence-electron chi connectivity index (χ4n) is 0.266. The Morgan fingerprint density at radius 2 is 2.67 bits per heavy atom. The van der Waals surface area contributed by atoms with E-state index in [4.69, 9.17) is 0 Å². The van der Waals surface area contributed by atoms with Crippen LogP contribution in [0.5, 0.6) is 0 Å². The van der Waals surface area contributed by atoms with Gasteiger partial charge in [0, 0.05) is 6.20 Å². The largest absolute Gasteiger partial charge is 0.208 e. The van der Waals surface area contributed by atoms with Gasteiger partial charge in [0.2, 0.25) is 0 Å². The lowest BCUT2D eigenvalue weighted by molar-refractivity contribution is 0.123. The second-order valence-corrected chi connectivity index (χ2v) is 1.84. The number of hydrogen-bond acceptors (Lipinski definition) is 2. The molecular formula is C3H4FNS. The van der Waals surface area contributed by atoms with Crippen LogP contribution in [-0.4, -0.2) is 11.0 Å². The van der Waals surface area contributed by atoms with Crippen molar-refractivity contribution in [3.05, 3.63) is 11.6 Å². The summed E-state index contributed by atoms with van der Waals surface area (Å²) in [7, 11) is 0. The minimum absolute atomic E-state index is 0.458. The van der Waals surface area contributed by atoms with E-state index >= 15 is 0 Å². The van der Waals surface area contributed by atoms with Crippen LogP contribution in [0.4, 0.5) is 4.48 Å². The lowest BCUT2D eigenvalue weighted by Crippen LogP contribution is -1.95. The zero-order valence-corrected chi connectivity index (χ0v) is 3.91. The summed E-state index contributed by atoms with van der Waals surface area (Å²) >= 11 is 1.45. The molecule has 0 aliphatic carbocycles. The van der Waals surface area contributed by atoms with E-state index in [0.717, 1.165) is 0 Å². The van der Waals surface area contributed by atoms with Crippen LogP contribution < -0.4 is 0 Å². The Balaban J connectivity index is 2.38. The third-order valence-electron chi connectivity index (χ3n) is 0.517. The molecule has 1 nitrogen and oxygen atoms in total. The molecule has 1 aliphatic rings. The van der Waals surface area contributed by atoms with Crippen LogP contribution in [0.3, 0.4) is 0 Å². The predicted octanol–water partition coefficient (Wildman–Crippen LogP) is 1.35. The lowest BCUT2D eigenvalue weighted by atomic mass is 11.0. The molecule has 6 heavy (non-hydrogen) atoms. The molecule has 0 saturated carbocycles. The highest BCUT2D eigenvalue weighted by molar-refractivity contribution is 8.02. The van der Waals surface area contributed by atoms with Crippen LogP contribution in [0, 0.1) is 0 Å². The van der Waals surface area contributed by atoms with Crippen LogP contribution in [-0.2, 0) is 0 Å². The number of hydrogen-bond donors (Lipinski definition) is 0. The highest BCUT2D eigenvalue weighted by Gasteiger charge is 1.98. The third kappa shape index (κ3) is 0.653. The van der Waals surface area contributed by atoms with Crippen molar-refractivity contribution in [1.82, 2.24) is 5.12 Å². The van der Waals surface area contributed by atoms with Crippen molar-refractivity contribution >= 4 is 11.8 Å². The van der Waals surface area contributed by atoms with E-state index in [0.29, 0.717) is 11.0 Å². The monoisotopic (exact) mass is 105 g/mol. The molecule has 0 N–H and O–H groups in total. The molecule has 0 aromatic heterocycles. The fraction of sp³-hybridized carbons (Fsp3) is 0.333. The molecule has 0 saturated heterocycles. The summed E-state index contributed by atoms with van der Waals surface area (Å²) in [5.74, 6) is 0.458. The zero-order valence-electron chi connectivity index (χ0n) is 3.10. The van der Waals surface area contributed by atoms with E-state index in [1.54, 1.807) is 5.41 Å². The molecular weight excluding hydrogens is 101 g/mol. The predicted molar refractivity (Wildman–Crippen MR) is 24.5 cm³/mol. The number of rotatable bonds is 0. The van der Waals surface area contributed by atoms with E-state index in [2.05, 4.69) is 0 Å². The average Bonchev–Trinajstić information content (AvgIpc) is 1.86. The molecule has 0 unspecified atom stereocenters. The van der Waals surface area contributed by atoms with E-state index < -0.39 is 0 Å². The number of thioether (sulfide) groups is 1. The summed E-state index contributed by atoms with van der Waals surface area (Å²) < 4.78 is 11.6. The maximum absolute atomic E-state index is 11.6. The van der Waals surface area contributed by atoms with E-state index in [1.165, 1.54) is 18.0 Å². The Hall–Kier alpha value is -0.180. The van der Waals surface area contributed by atoms with Gasteiger partial charge in [-0.1, -0.05) is 4.48 Å². The van der Waals surface area contributed by atoms with E-state index in [9.17, 15) is 4.48 Å². The van der Waals surface area contributed by atoms with Crippen molar-refractivity contribution in [3.8, 4) is 0 Å². The highest BCUT2D eigenvalue weighted by Crippen LogP contribution is 2.13. The Labute approximate surface area is 39.8 Å². The first-order valence-corrected chi connectivity index (χ1v) is 2.65. The summed E-state index contributed by atoms with van der Waals surface area (Å²) in [5.41, 5.74) is 0. The van der Waals surface area contributed by atoms with Crippen molar-refractivity contribution in [3.63, 3.8) is 0 Å². The lowest BCUT2D eigenvalue weighted by Gasteiger charge is -1.93.